The summed E-state index contributed by atoms with van der Waals surface area (Å²) in [6.45, 7) is 1.61. The zero-order chi connectivity index (χ0) is 13.4. The fraction of sp³-hybridized carbons (Fsp3) is 0.455. The average molecular weight is 257 g/mol. The van der Waals surface area contributed by atoms with Crippen LogP contribution >= 0.6 is 0 Å². The normalized spacial score (nSPS) is 10.3. The molecular formula is C11H15NO6. The summed E-state index contributed by atoms with van der Waals surface area (Å²) in [6, 6.07) is 2.54. The van der Waals surface area contributed by atoms with Crippen LogP contribution in [0.25, 0.3) is 0 Å². The third kappa shape index (κ3) is 4.56. The van der Waals surface area contributed by atoms with Gasteiger partial charge in [0.15, 0.2) is 5.76 Å². The maximum absolute atomic E-state index is 11.5. The van der Waals surface area contributed by atoms with Crippen molar-refractivity contribution >= 4 is 11.9 Å². The quantitative estimate of drug-likeness (QED) is 0.653. The highest BCUT2D eigenvalue weighted by Crippen LogP contribution is 2.07. The largest absolute Gasteiger partial charge is 0.475 e. The van der Waals surface area contributed by atoms with Crippen LogP contribution in [-0.4, -0.2) is 50.5 Å². The molecule has 7 nitrogen and oxygen atoms in total. The predicted octanol–water partition coefficient (Wildman–Crippen LogP) is 0.371. The summed E-state index contributed by atoms with van der Waals surface area (Å²) < 4.78 is 14.8. The first-order valence-corrected chi connectivity index (χ1v) is 5.33. The summed E-state index contributed by atoms with van der Waals surface area (Å²) in [7, 11) is 1.57. The molecule has 0 aliphatic heterocycles. The Kier molecular flexibility index (Phi) is 5.89. The molecule has 0 fully saturated rings. The summed E-state index contributed by atoms with van der Waals surface area (Å²) >= 11 is 0. The van der Waals surface area contributed by atoms with Gasteiger partial charge in [-0.2, -0.15) is 0 Å². The molecule has 1 aromatic rings. The molecule has 0 saturated heterocycles. The van der Waals surface area contributed by atoms with Crippen molar-refractivity contribution < 1.29 is 28.6 Å². The molecule has 1 heterocycles. The van der Waals surface area contributed by atoms with E-state index in [-0.39, 0.29) is 11.5 Å². The highest BCUT2D eigenvalue weighted by Gasteiger charge is 2.14. The van der Waals surface area contributed by atoms with E-state index in [4.69, 9.17) is 19.0 Å². The van der Waals surface area contributed by atoms with Crippen LogP contribution in [0.2, 0.25) is 0 Å². The summed E-state index contributed by atoms with van der Waals surface area (Å²) in [5.41, 5.74) is 0. The second-order valence-corrected chi connectivity index (χ2v) is 3.33. The van der Waals surface area contributed by atoms with Crippen molar-refractivity contribution in [2.45, 2.75) is 0 Å². The van der Waals surface area contributed by atoms with Crippen LogP contribution in [0.15, 0.2) is 16.5 Å². The van der Waals surface area contributed by atoms with Crippen LogP contribution in [0.5, 0.6) is 0 Å². The molecule has 0 aliphatic carbocycles. The number of carboxylic acids is 1. The number of hydrogen-bond donors (Lipinski definition) is 2. The molecule has 0 unspecified atom stereocenters. The van der Waals surface area contributed by atoms with Crippen molar-refractivity contribution in [2.75, 3.05) is 33.5 Å². The van der Waals surface area contributed by atoms with E-state index < -0.39 is 11.9 Å². The summed E-state index contributed by atoms with van der Waals surface area (Å²) in [5.74, 6) is -1.99. The molecule has 7 heteroatoms. The topological polar surface area (TPSA) is 98.0 Å². The lowest BCUT2D eigenvalue weighted by Crippen LogP contribution is -2.27. The van der Waals surface area contributed by atoms with Crippen LogP contribution in [0.4, 0.5) is 0 Å². The van der Waals surface area contributed by atoms with E-state index in [2.05, 4.69) is 5.32 Å². The lowest BCUT2D eigenvalue weighted by Gasteiger charge is -2.04. The smallest absolute Gasteiger partial charge is 0.371 e. The highest BCUT2D eigenvalue weighted by molar-refractivity contribution is 5.93. The van der Waals surface area contributed by atoms with Gasteiger partial charge in [-0.1, -0.05) is 0 Å². The molecule has 0 saturated carbocycles. The van der Waals surface area contributed by atoms with Gasteiger partial charge in [0.2, 0.25) is 5.76 Å². The van der Waals surface area contributed by atoms with Gasteiger partial charge in [-0.3, -0.25) is 4.79 Å². The first-order chi connectivity index (χ1) is 8.65. The first-order valence-electron chi connectivity index (χ1n) is 5.33. The maximum atomic E-state index is 11.5. The molecule has 0 atom stereocenters. The Morgan fingerprint density at radius 3 is 2.61 bits per heavy atom. The molecule has 1 amide bonds. The van der Waals surface area contributed by atoms with E-state index in [1.54, 1.807) is 7.11 Å². The molecule has 1 aromatic heterocycles. The van der Waals surface area contributed by atoms with E-state index in [0.717, 1.165) is 0 Å². The van der Waals surface area contributed by atoms with E-state index in [1.165, 1.54) is 12.1 Å². The van der Waals surface area contributed by atoms with Gasteiger partial charge in [0.25, 0.3) is 5.91 Å². The van der Waals surface area contributed by atoms with E-state index in [1.807, 2.05) is 0 Å². The van der Waals surface area contributed by atoms with Crippen molar-refractivity contribution in [2.24, 2.45) is 0 Å². The first kappa shape index (κ1) is 14.2. The van der Waals surface area contributed by atoms with Gasteiger partial charge in [0.1, 0.15) is 0 Å². The number of carbonyl (C=O) groups is 2. The third-order valence-electron chi connectivity index (χ3n) is 2.00. The number of furan rings is 1. The Hall–Kier alpha value is -1.86. The molecule has 2 N–H and O–H groups in total. The molecule has 0 radical (unpaired) electrons. The second kappa shape index (κ2) is 7.46. The van der Waals surface area contributed by atoms with Crippen molar-refractivity contribution in [3.05, 3.63) is 23.7 Å². The van der Waals surface area contributed by atoms with Gasteiger partial charge >= 0.3 is 5.97 Å². The average Bonchev–Trinajstić information content (AvgIpc) is 2.83. The highest BCUT2D eigenvalue weighted by atomic mass is 16.5. The van der Waals surface area contributed by atoms with Gasteiger partial charge in [0.05, 0.1) is 19.8 Å². The van der Waals surface area contributed by atoms with Crippen molar-refractivity contribution in [1.29, 1.82) is 0 Å². The predicted molar refractivity (Wildman–Crippen MR) is 60.7 cm³/mol. The molecule has 0 aliphatic rings. The molecule has 0 spiro atoms. The molecule has 0 bridgehead atoms. The van der Waals surface area contributed by atoms with Gasteiger partial charge in [-0.25, -0.2) is 4.79 Å². The fourth-order valence-electron chi connectivity index (χ4n) is 1.14. The Morgan fingerprint density at radius 2 is 2.00 bits per heavy atom. The van der Waals surface area contributed by atoms with Gasteiger partial charge in [-0.15, -0.1) is 0 Å². The number of rotatable bonds is 8. The van der Waals surface area contributed by atoms with Gasteiger partial charge in [-0.05, 0) is 12.1 Å². The van der Waals surface area contributed by atoms with E-state index in [9.17, 15) is 9.59 Å². The number of ether oxygens (including phenoxy) is 2. The van der Waals surface area contributed by atoms with Crippen LogP contribution < -0.4 is 5.32 Å². The molecule has 100 valence electrons. The monoisotopic (exact) mass is 257 g/mol. The number of carboxylic acid groups (broad SMARTS) is 1. The number of carbonyl (C=O) groups excluding carboxylic acids is 1. The second-order valence-electron chi connectivity index (χ2n) is 3.33. The number of nitrogens with one attached hydrogen (secondary N) is 1. The molecule has 0 aromatic carbocycles. The summed E-state index contributed by atoms with van der Waals surface area (Å²) in [5, 5.41) is 11.2. The number of hydrogen-bond acceptors (Lipinski definition) is 5. The Morgan fingerprint density at radius 1 is 1.28 bits per heavy atom. The molecular weight excluding hydrogens is 242 g/mol. The van der Waals surface area contributed by atoms with Gasteiger partial charge in [0, 0.05) is 13.7 Å². The third-order valence-corrected chi connectivity index (χ3v) is 2.00. The van der Waals surface area contributed by atoms with E-state index >= 15 is 0 Å². The maximum Gasteiger partial charge on any atom is 0.371 e. The zero-order valence-electron chi connectivity index (χ0n) is 9.97. The number of methoxy groups -OCH3 is 1. The van der Waals surface area contributed by atoms with E-state index in [0.29, 0.717) is 26.4 Å². The van der Waals surface area contributed by atoms with Crippen LogP contribution in [0, 0.1) is 0 Å². The number of amides is 1. The van der Waals surface area contributed by atoms with Crippen molar-refractivity contribution in [1.82, 2.24) is 5.32 Å². The summed E-state index contributed by atoms with van der Waals surface area (Å²) in [6.07, 6.45) is 0. The minimum atomic E-state index is -1.21. The zero-order valence-corrected chi connectivity index (χ0v) is 9.97. The van der Waals surface area contributed by atoms with Gasteiger partial charge < -0.3 is 24.3 Å². The lowest BCUT2D eigenvalue weighted by molar-refractivity contribution is 0.0654. The number of aromatic carboxylic acids is 1. The SMILES string of the molecule is COCCOCCNC(=O)c1ccc(C(=O)O)o1. The van der Waals surface area contributed by atoms with Crippen molar-refractivity contribution in [3.63, 3.8) is 0 Å². The minimum Gasteiger partial charge on any atom is -0.475 e. The Balaban J connectivity index is 2.25. The van der Waals surface area contributed by atoms with Crippen LogP contribution in [0.1, 0.15) is 21.1 Å². The molecule has 18 heavy (non-hydrogen) atoms. The molecule has 1 rings (SSSR count). The lowest BCUT2D eigenvalue weighted by atomic mass is 10.4. The fourth-order valence-corrected chi connectivity index (χ4v) is 1.14. The Bertz CT molecular complexity index is 400. The summed E-state index contributed by atoms with van der Waals surface area (Å²) in [4.78, 5) is 22.0. The van der Waals surface area contributed by atoms with Crippen LogP contribution in [-0.2, 0) is 9.47 Å². The van der Waals surface area contributed by atoms with Crippen molar-refractivity contribution in [3.8, 4) is 0 Å². The standard InChI is InChI=1S/C11H15NO6/c1-16-6-7-17-5-4-12-10(13)8-2-3-9(18-8)11(14)15/h2-3H,4-7H2,1H3,(H,12,13)(H,14,15). The minimum absolute atomic E-state index is 0.0377. The Labute approximate surface area is 104 Å². The van der Waals surface area contributed by atoms with Crippen LogP contribution in [0.3, 0.4) is 0 Å².